The number of rotatable bonds is 4. The van der Waals surface area contributed by atoms with Gasteiger partial charge in [0.25, 0.3) is 0 Å². The highest BCUT2D eigenvalue weighted by molar-refractivity contribution is 7.03. The van der Waals surface area contributed by atoms with E-state index in [1.54, 1.807) is 0 Å². The Balaban J connectivity index is 3.22. The Morgan fingerprint density at radius 2 is 2.11 bits per heavy atom. The molecule has 0 aliphatic carbocycles. The molecule has 3 heteroatoms. The van der Waals surface area contributed by atoms with Crippen LogP contribution in [0.4, 0.5) is 0 Å². The maximum Gasteiger partial charge on any atom is 0.591 e. The van der Waals surface area contributed by atoms with Gasteiger partial charge in [0.2, 0.25) is 0 Å². The summed E-state index contributed by atoms with van der Waals surface area (Å²) >= 11 is -1.28. The molecule has 0 radical (unpaired) electrons. The minimum Gasteiger partial charge on any atom is -0.487 e. The zero-order valence-electron chi connectivity index (χ0n) is 6.36. The molecular weight excluding hydrogens is 150 g/mol. The van der Waals surface area contributed by atoms with Crippen LogP contribution in [0.25, 0.3) is 0 Å². The molecule has 0 spiro atoms. The Labute approximate surface area is 66.3 Å². The average Bonchev–Trinajstić information content (AvgIpc) is 1.87. The zero-order valence-corrected chi connectivity index (χ0v) is 8.27. The van der Waals surface area contributed by atoms with Crippen LogP contribution in [0.5, 0.6) is 0 Å². The molecule has 0 saturated carbocycles. The van der Waals surface area contributed by atoms with Gasteiger partial charge in [-0.3, -0.25) is 0 Å². The van der Waals surface area contributed by atoms with Crippen molar-refractivity contribution >= 4 is 23.6 Å². The maximum absolute atomic E-state index is 5.86. The van der Waals surface area contributed by atoms with Crippen molar-refractivity contribution in [1.29, 1.82) is 0 Å². The predicted octanol–water partition coefficient (Wildman–Crippen LogP) is 2.55. The van der Waals surface area contributed by atoms with Crippen LogP contribution < -0.4 is 0 Å². The van der Waals surface area contributed by atoms with Crippen molar-refractivity contribution in [3.63, 3.8) is 0 Å². The molecule has 9 heavy (non-hydrogen) atoms. The summed E-state index contributed by atoms with van der Waals surface area (Å²) in [5, 5.41) is 1.02. The topological polar surface area (TPSA) is 9.23 Å². The summed E-state index contributed by atoms with van der Waals surface area (Å²) in [4.78, 5) is 0. The SMILES string of the molecule is CCC(C)[O][Al]([Cl])[CH2]C. The van der Waals surface area contributed by atoms with Gasteiger partial charge in [0.05, 0.1) is 0 Å². The van der Waals surface area contributed by atoms with Gasteiger partial charge in [-0.25, -0.2) is 10.0 Å². The first-order valence-electron chi connectivity index (χ1n) is 3.50. The molecule has 0 amide bonds. The largest absolute Gasteiger partial charge is 0.591 e. The number of halogens is 1. The van der Waals surface area contributed by atoms with Crippen LogP contribution in [0.3, 0.4) is 0 Å². The van der Waals surface area contributed by atoms with E-state index in [0.29, 0.717) is 6.10 Å². The molecule has 0 bridgehead atoms. The van der Waals surface area contributed by atoms with Crippen LogP contribution in [0.1, 0.15) is 27.2 Å². The Morgan fingerprint density at radius 3 is 2.44 bits per heavy atom. The van der Waals surface area contributed by atoms with Crippen molar-refractivity contribution in [2.24, 2.45) is 0 Å². The summed E-state index contributed by atoms with van der Waals surface area (Å²) in [6.45, 7) is 6.25. The van der Waals surface area contributed by atoms with E-state index in [1.807, 2.05) is 0 Å². The van der Waals surface area contributed by atoms with Crippen LogP contribution in [0.15, 0.2) is 0 Å². The fraction of sp³-hybridized carbons (Fsp3) is 1.00. The van der Waals surface area contributed by atoms with Gasteiger partial charge in [-0.15, -0.1) is 0 Å². The van der Waals surface area contributed by atoms with E-state index >= 15 is 0 Å². The lowest BCUT2D eigenvalue weighted by molar-refractivity contribution is 0.225. The van der Waals surface area contributed by atoms with Gasteiger partial charge in [-0.2, -0.15) is 0 Å². The molecule has 0 aliphatic rings. The highest BCUT2D eigenvalue weighted by atomic mass is 35.6. The molecular formula is C6H14AlClO. The molecule has 1 atom stereocenters. The summed E-state index contributed by atoms with van der Waals surface area (Å²) in [5.41, 5.74) is 0. The summed E-state index contributed by atoms with van der Waals surface area (Å²) in [7, 11) is 5.86. The lowest BCUT2D eigenvalue weighted by Gasteiger charge is -2.11. The van der Waals surface area contributed by atoms with Crippen LogP contribution in [-0.2, 0) is 3.79 Å². The molecule has 0 N–H and O–H groups in total. The molecule has 0 saturated heterocycles. The van der Waals surface area contributed by atoms with Crippen LogP contribution in [0.2, 0.25) is 5.28 Å². The third-order valence-corrected chi connectivity index (χ3v) is 3.91. The lowest BCUT2D eigenvalue weighted by atomic mass is 10.3. The second-order valence-corrected chi connectivity index (χ2v) is 5.54. The first kappa shape index (κ1) is 9.78. The quantitative estimate of drug-likeness (QED) is 0.581. The summed E-state index contributed by atoms with van der Waals surface area (Å²) in [6.07, 6.45) is 1.43. The van der Waals surface area contributed by atoms with E-state index in [1.165, 1.54) is 0 Å². The van der Waals surface area contributed by atoms with Gasteiger partial charge in [0, 0.05) is 6.10 Å². The second kappa shape index (κ2) is 5.56. The van der Waals surface area contributed by atoms with Gasteiger partial charge in [-0.1, -0.05) is 19.1 Å². The van der Waals surface area contributed by atoms with E-state index in [9.17, 15) is 0 Å². The Morgan fingerprint density at radius 1 is 1.56 bits per heavy atom. The maximum atomic E-state index is 5.86. The smallest absolute Gasteiger partial charge is 0.487 e. The summed E-state index contributed by atoms with van der Waals surface area (Å²) in [5.74, 6) is 0. The standard InChI is InChI=1S/C4H9O.C2H5.Al.ClH/c1-3-4(2)5;1-2;;/h4H,3H2,1-2H3;1H2,2H3;;1H/q-1;;+2;/p-1. The molecule has 0 rings (SSSR count). The van der Waals surface area contributed by atoms with Crippen molar-refractivity contribution in [3.8, 4) is 0 Å². The van der Waals surface area contributed by atoms with Crippen LogP contribution in [0, 0.1) is 0 Å². The van der Waals surface area contributed by atoms with Crippen molar-refractivity contribution < 1.29 is 3.79 Å². The monoisotopic (exact) mass is 164 g/mol. The van der Waals surface area contributed by atoms with E-state index < -0.39 is 13.6 Å². The third kappa shape index (κ3) is 5.24. The van der Waals surface area contributed by atoms with Crippen molar-refractivity contribution in [2.45, 2.75) is 38.6 Å². The van der Waals surface area contributed by atoms with Crippen molar-refractivity contribution in [2.75, 3.05) is 0 Å². The molecule has 1 unspecified atom stereocenters. The first-order valence-corrected chi connectivity index (χ1v) is 6.53. The fourth-order valence-electron chi connectivity index (χ4n) is 0.445. The highest BCUT2D eigenvalue weighted by Gasteiger charge is 2.16. The first-order chi connectivity index (χ1) is 4.20. The predicted molar refractivity (Wildman–Crippen MR) is 42.9 cm³/mol. The Kier molecular flexibility index (Phi) is 6.04. The van der Waals surface area contributed by atoms with Crippen molar-refractivity contribution in [1.82, 2.24) is 0 Å². The average molecular weight is 165 g/mol. The molecule has 0 aromatic carbocycles. The number of hydrogen-bond donors (Lipinski definition) is 0. The van der Waals surface area contributed by atoms with Gasteiger partial charge in [0.1, 0.15) is 0 Å². The molecule has 0 fully saturated rings. The van der Waals surface area contributed by atoms with Crippen molar-refractivity contribution in [3.05, 3.63) is 0 Å². The number of hydrogen-bond acceptors (Lipinski definition) is 1. The van der Waals surface area contributed by atoms with E-state index in [0.717, 1.165) is 11.7 Å². The highest BCUT2D eigenvalue weighted by Crippen LogP contribution is 2.05. The Bertz CT molecular complexity index is 62.1. The van der Waals surface area contributed by atoms with Crippen LogP contribution >= 0.6 is 10.0 Å². The molecule has 0 aliphatic heterocycles. The third-order valence-electron chi connectivity index (χ3n) is 1.28. The van der Waals surface area contributed by atoms with E-state index in [-0.39, 0.29) is 0 Å². The van der Waals surface area contributed by atoms with E-state index in [4.69, 9.17) is 13.8 Å². The lowest BCUT2D eigenvalue weighted by Crippen LogP contribution is -2.16. The van der Waals surface area contributed by atoms with Gasteiger partial charge >= 0.3 is 13.6 Å². The summed E-state index contributed by atoms with van der Waals surface area (Å²) < 4.78 is 5.45. The molecule has 0 aromatic rings. The van der Waals surface area contributed by atoms with E-state index in [2.05, 4.69) is 20.8 Å². The molecule has 0 heterocycles. The molecule has 54 valence electrons. The second-order valence-electron chi connectivity index (χ2n) is 2.17. The minimum atomic E-state index is -1.28. The van der Waals surface area contributed by atoms with Crippen LogP contribution in [-0.4, -0.2) is 19.7 Å². The summed E-state index contributed by atoms with van der Waals surface area (Å²) in [6, 6.07) is 0. The zero-order chi connectivity index (χ0) is 7.28. The van der Waals surface area contributed by atoms with Gasteiger partial charge in [-0.05, 0) is 13.3 Å². The van der Waals surface area contributed by atoms with Gasteiger partial charge in [0.15, 0.2) is 0 Å². The molecule has 0 aromatic heterocycles. The van der Waals surface area contributed by atoms with Gasteiger partial charge < -0.3 is 3.79 Å². The Hall–Kier alpha value is 0.782. The minimum absolute atomic E-state index is 0.360. The normalized spacial score (nSPS) is 13.3. The molecule has 1 nitrogen and oxygen atoms in total. The fourth-order valence-corrected chi connectivity index (χ4v) is 1.86.